The Hall–Kier alpha value is -3.45. The molecular formula is C21H20N4O3. The molecule has 0 saturated heterocycles. The Labute approximate surface area is 160 Å². The fourth-order valence-corrected chi connectivity index (χ4v) is 3.14. The van der Waals surface area contributed by atoms with E-state index in [1.165, 1.54) is 4.68 Å². The molecule has 0 aliphatic rings. The summed E-state index contributed by atoms with van der Waals surface area (Å²) < 4.78 is 6.45. The van der Waals surface area contributed by atoms with Gasteiger partial charge in [-0.3, -0.25) is 19.7 Å². The number of carbonyl (C=O) groups excluding carboxylic acids is 1. The van der Waals surface area contributed by atoms with Gasteiger partial charge in [-0.15, -0.1) is 0 Å². The van der Waals surface area contributed by atoms with Gasteiger partial charge < -0.3 is 10.1 Å². The van der Waals surface area contributed by atoms with E-state index >= 15 is 0 Å². The minimum absolute atomic E-state index is 0.178. The second-order valence-corrected chi connectivity index (χ2v) is 6.62. The van der Waals surface area contributed by atoms with Crippen LogP contribution in [-0.4, -0.2) is 40.9 Å². The number of nitrogens with zero attached hydrogens (tertiary/aromatic N) is 2. The molecule has 0 aliphatic heterocycles. The largest absolute Gasteiger partial charge is 0.383 e. The Morgan fingerprint density at radius 2 is 1.96 bits per heavy atom. The summed E-state index contributed by atoms with van der Waals surface area (Å²) in [5.41, 5.74) is 3.54. The number of benzene rings is 2. The summed E-state index contributed by atoms with van der Waals surface area (Å²) in [4.78, 5) is 29.6. The number of hydrogen-bond acceptors (Lipinski definition) is 4. The van der Waals surface area contributed by atoms with E-state index in [4.69, 9.17) is 4.74 Å². The molecule has 28 heavy (non-hydrogen) atoms. The maximum Gasteiger partial charge on any atom is 0.280 e. The van der Waals surface area contributed by atoms with Gasteiger partial charge in [-0.1, -0.05) is 17.7 Å². The van der Waals surface area contributed by atoms with Gasteiger partial charge >= 0.3 is 0 Å². The van der Waals surface area contributed by atoms with Gasteiger partial charge in [0, 0.05) is 30.8 Å². The smallest absolute Gasteiger partial charge is 0.280 e. The average molecular weight is 376 g/mol. The van der Waals surface area contributed by atoms with Crippen LogP contribution in [0.3, 0.4) is 0 Å². The van der Waals surface area contributed by atoms with Crippen molar-refractivity contribution in [3.05, 3.63) is 70.1 Å². The fraction of sp³-hybridized carbons (Fsp3) is 0.190. The van der Waals surface area contributed by atoms with Gasteiger partial charge in [0.25, 0.3) is 11.5 Å². The van der Waals surface area contributed by atoms with Crippen LogP contribution in [0.25, 0.3) is 27.5 Å². The average Bonchev–Trinajstić information content (AvgIpc) is 3.05. The summed E-state index contributed by atoms with van der Waals surface area (Å²) in [7, 11) is 1.58. The third-order valence-electron chi connectivity index (χ3n) is 4.67. The van der Waals surface area contributed by atoms with Crippen molar-refractivity contribution in [1.29, 1.82) is 0 Å². The molecule has 0 saturated carbocycles. The molecular weight excluding hydrogens is 356 g/mol. The Morgan fingerprint density at radius 3 is 2.71 bits per heavy atom. The Bertz CT molecular complexity index is 1220. The van der Waals surface area contributed by atoms with Gasteiger partial charge in [0.1, 0.15) is 0 Å². The first-order valence-electron chi connectivity index (χ1n) is 8.96. The lowest BCUT2D eigenvalue weighted by Crippen LogP contribution is -2.26. The zero-order valence-electron chi connectivity index (χ0n) is 15.7. The molecule has 0 fully saturated rings. The first-order valence-corrected chi connectivity index (χ1v) is 8.96. The molecule has 2 aromatic carbocycles. The molecule has 2 N–H and O–H groups in total. The fourth-order valence-electron chi connectivity index (χ4n) is 3.14. The zero-order valence-corrected chi connectivity index (χ0v) is 15.7. The van der Waals surface area contributed by atoms with E-state index in [9.17, 15) is 9.59 Å². The third-order valence-corrected chi connectivity index (χ3v) is 4.67. The number of amides is 1. The number of carbonyl (C=O) groups is 1. The number of methoxy groups -OCH3 is 1. The minimum atomic E-state index is -0.198. The van der Waals surface area contributed by atoms with Crippen LogP contribution in [0.1, 0.15) is 15.9 Å². The van der Waals surface area contributed by atoms with Crippen LogP contribution >= 0.6 is 0 Å². The Morgan fingerprint density at radius 1 is 1.18 bits per heavy atom. The van der Waals surface area contributed by atoms with Gasteiger partial charge in [0.2, 0.25) is 0 Å². The zero-order chi connectivity index (χ0) is 19.7. The van der Waals surface area contributed by atoms with Crippen LogP contribution in [0.15, 0.2) is 53.5 Å². The van der Waals surface area contributed by atoms with Crippen LogP contribution in [0, 0.1) is 6.92 Å². The number of rotatable bonds is 5. The predicted molar refractivity (Wildman–Crippen MR) is 108 cm³/mol. The van der Waals surface area contributed by atoms with Gasteiger partial charge in [-0.25, -0.2) is 4.68 Å². The topological polar surface area (TPSA) is 89.0 Å². The molecule has 1 amide bonds. The standard InChI is InChI=1S/C21H20N4O3/c1-13-3-6-15(7-4-13)25-21(27)17-12-23-18-8-5-14(11-16(18)19(17)24-25)20(26)22-9-10-28-2/h3-8,11-12,24H,9-10H2,1-2H3,(H,22,26). The van der Waals surface area contributed by atoms with Gasteiger partial charge in [-0.05, 0) is 37.3 Å². The second-order valence-electron chi connectivity index (χ2n) is 6.62. The summed E-state index contributed by atoms with van der Waals surface area (Å²) in [5.74, 6) is -0.198. The van der Waals surface area contributed by atoms with Crippen LogP contribution in [0.4, 0.5) is 0 Å². The maximum atomic E-state index is 12.8. The van der Waals surface area contributed by atoms with Crippen molar-refractivity contribution in [2.24, 2.45) is 0 Å². The van der Waals surface area contributed by atoms with E-state index in [2.05, 4.69) is 15.4 Å². The van der Waals surface area contributed by atoms with Crippen molar-refractivity contribution in [2.45, 2.75) is 6.92 Å². The highest BCUT2D eigenvalue weighted by Gasteiger charge is 2.14. The van der Waals surface area contributed by atoms with Gasteiger partial charge in [0.15, 0.2) is 0 Å². The molecule has 0 bridgehead atoms. The summed E-state index contributed by atoms with van der Waals surface area (Å²) in [6, 6.07) is 12.9. The van der Waals surface area contributed by atoms with Gasteiger partial charge in [0.05, 0.1) is 28.7 Å². The molecule has 142 valence electrons. The summed E-state index contributed by atoms with van der Waals surface area (Å²) in [6.45, 7) is 2.86. The monoisotopic (exact) mass is 376 g/mol. The van der Waals surface area contributed by atoms with E-state index in [0.29, 0.717) is 35.1 Å². The molecule has 2 aromatic heterocycles. The number of ether oxygens (including phenoxy) is 1. The predicted octanol–water partition coefficient (Wildman–Crippen LogP) is 2.55. The highest BCUT2D eigenvalue weighted by Crippen LogP contribution is 2.22. The number of fused-ring (bicyclic) bond motifs is 3. The van der Waals surface area contributed by atoms with Crippen molar-refractivity contribution >= 4 is 27.7 Å². The number of H-pyrrole nitrogens is 1. The minimum Gasteiger partial charge on any atom is -0.383 e. The van der Waals surface area contributed by atoms with Crippen LogP contribution in [0.5, 0.6) is 0 Å². The molecule has 0 spiro atoms. The van der Waals surface area contributed by atoms with Crippen molar-refractivity contribution in [2.75, 3.05) is 20.3 Å². The van der Waals surface area contributed by atoms with E-state index in [1.807, 2.05) is 31.2 Å². The highest BCUT2D eigenvalue weighted by atomic mass is 16.5. The molecule has 0 atom stereocenters. The van der Waals surface area contributed by atoms with Gasteiger partial charge in [-0.2, -0.15) is 0 Å². The number of aromatic amines is 1. The lowest BCUT2D eigenvalue weighted by Gasteiger charge is -2.06. The van der Waals surface area contributed by atoms with Crippen molar-refractivity contribution < 1.29 is 9.53 Å². The first-order chi connectivity index (χ1) is 13.6. The molecule has 0 aliphatic carbocycles. The Kier molecular flexibility index (Phi) is 4.67. The van der Waals surface area contributed by atoms with Crippen molar-refractivity contribution in [3.8, 4) is 5.69 Å². The number of hydrogen-bond donors (Lipinski definition) is 2. The first kappa shape index (κ1) is 17.9. The number of aromatic nitrogens is 3. The molecule has 4 aromatic rings. The maximum absolute atomic E-state index is 12.8. The van der Waals surface area contributed by atoms with E-state index in [0.717, 1.165) is 16.6 Å². The molecule has 0 unspecified atom stereocenters. The number of nitrogens with one attached hydrogen (secondary N) is 2. The van der Waals surface area contributed by atoms with Crippen LogP contribution < -0.4 is 10.9 Å². The van der Waals surface area contributed by atoms with E-state index < -0.39 is 0 Å². The second kappa shape index (κ2) is 7.28. The summed E-state index contributed by atoms with van der Waals surface area (Å²) in [5, 5.41) is 7.17. The number of pyridine rings is 1. The molecule has 7 nitrogen and oxygen atoms in total. The van der Waals surface area contributed by atoms with Crippen molar-refractivity contribution in [3.63, 3.8) is 0 Å². The molecule has 2 heterocycles. The molecule has 7 heteroatoms. The lowest BCUT2D eigenvalue weighted by molar-refractivity contribution is 0.0937. The van der Waals surface area contributed by atoms with E-state index in [-0.39, 0.29) is 11.5 Å². The molecule has 4 rings (SSSR count). The quantitative estimate of drug-likeness (QED) is 0.524. The summed E-state index contributed by atoms with van der Waals surface area (Å²) in [6.07, 6.45) is 1.57. The normalized spacial score (nSPS) is 11.2. The highest BCUT2D eigenvalue weighted by molar-refractivity contribution is 6.06. The SMILES string of the molecule is COCCNC(=O)c1ccc2ncc3c(=O)n(-c4ccc(C)cc4)[nH]c3c2c1. The summed E-state index contributed by atoms with van der Waals surface area (Å²) >= 11 is 0. The molecule has 0 radical (unpaired) electrons. The Balaban J connectivity index is 1.83. The number of aryl methyl sites for hydroxylation is 1. The van der Waals surface area contributed by atoms with Crippen LogP contribution in [-0.2, 0) is 4.74 Å². The van der Waals surface area contributed by atoms with E-state index in [1.54, 1.807) is 31.5 Å². The van der Waals surface area contributed by atoms with Crippen molar-refractivity contribution in [1.82, 2.24) is 20.1 Å². The third kappa shape index (κ3) is 3.16. The van der Waals surface area contributed by atoms with Crippen LogP contribution in [0.2, 0.25) is 0 Å². The lowest BCUT2D eigenvalue weighted by atomic mass is 10.1.